The monoisotopic (exact) mass is 617 g/mol. The molecule has 246 valence electrons. The van der Waals surface area contributed by atoms with Crippen molar-refractivity contribution in [2.75, 3.05) is 19.6 Å². The predicted octanol–water partition coefficient (Wildman–Crippen LogP) is 0.257. The van der Waals surface area contributed by atoms with Crippen LogP contribution >= 0.6 is 0 Å². The number of aldehydes is 1. The number of aryl methyl sites for hydroxylation is 1. The number of hydrogen-bond acceptors (Lipinski definition) is 7. The van der Waals surface area contributed by atoms with Crippen molar-refractivity contribution in [3.05, 3.63) is 23.5 Å². The molecule has 1 aliphatic heterocycles. The van der Waals surface area contributed by atoms with Gasteiger partial charge in [0.1, 0.15) is 18.4 Å². The van der Waals surface area contributed by atoms with Crippen molar-refractivity contribution in [2.24, 2.45) is 22.2 Å². The van der Waals surface area contributed by atoms with Crippen molar-refractivity contribution >= 4 is 35.9 Å². The summed E-state index contributed by atoms with van der Waals surface area (Å²) in [6.07, 6.45) is 11.0. The van der Waals surface area contributed by atoms with Crippen LogP contribution in [0.25, 0.3) is 0 Å². The van der Waals surface area contributed by atoms with Gasteiger partial charge in [0, 0.05) is 31.4 Å². The van der Waals surface area contributed by atoms with Gasteiger partial charge in [-0.05, 0) is 83.2 Å². The van der Waals surface area contributed by atoms with Crippen LogP contribution in [0.3, 0.4) is 0 Å². The van der Waals surface area contributed by atoms with Crippen LogP contribution in [0.5, 0.6) is 0 Å². The van der Waals surface area contributed by atoms with Crippen molar-refractivity contribution in [3.8, 4) is 0 Å². The van der Waals surface area contributed by atoms with E-state index in [0.717, 1.165) is 37.8 Å². The smallest absolute Gasteiger partial charge is 0.253 e. The number of carbonyl (C=O) groups excluding carboxylic acids is 5. The van der Waals surface area contributed by atoms with Gasteiger partial charge in [0.15, 0.2) is 5.96 Å². The zero-order valence-electron chi connectivity index (χ0n) is 25.7. The molecule has 2 bridgehead atoms. The van der Waals surface area contributed by atoms with Gasteiger partial charge >= 0.3 is 0 Å². The van der Waals surface area contributed by atoms with E-state index in [-0.39, 0.29) is 24.8 Å². The van der Waals surface area contributed by atoms with Crippen LogP contribution in [0.15, 0.2) is 17.3 Å². The van der Waals surface area contributed by atoms with Crippen LogP contribution in [-0.2, 0) is 25.6 Å². The Balaban J connectivity index is 2.23. The number of guanidine groups is 1. The molecule has 44 heavy (non-hydrogen) atoms. The standard InChI is InChI=1S/C30H51N9O5/c31-15-7-5-12-24-29(44)39-25(13-9-17-35-30(32)33)28(43)37-23(20-40)11-6-8-16-34-26(41)14-4-2-1-3-10-22-18-21(19-36-22)27(42)38-24/h18-20,23-25,36H,1-17,31H2,(H,34,41)(H,37,43)(H,38,42)(H,39,44)(H4,32,33,35)/t23-,24-,25-/m0/s1. The molecule has 11 N–H and O–H groups in total. The number of carbonyl (C=O) groups is 5. The highest BCUT2D eigenvalue weighted by molar-refractivity contribution is 5.98. The van der Waals surface area contributed by atoms with Crippen LogP contribution in [-0.4, -0.2) is 78.6 Å². The van der Waals surface area contributed by atoms with E-state index >= 15 is 0 Å². The third-order valence-corrected chi connectivity index (χ3v) is 7.51. The van der Waals surface area contributed by atoms with E-state index in [1.165, 1.54) is 0 Å². The quantitative estimate of drug-likeness (QED) is 0.0825. The van der Waals surface area contributed by atoms with E-state index < -0.39 is 35.8 Å². The van der Waals surface area contributed by atoms with E-state index in [9.17, 15) is 24.0 Å². The first kappa shape index (κ1) is 36.3. The van der Waals surface area contributed by atoms with Crippen molar-refractivity contribution in [1.29, 1.82) is 0 Å². The number of nitrogens with one attached hydrogen (secondary N) is 5. The van der Waals surface area contributed by atoms with E-state index in [1.807, 2.05) is 0 Å². The lowest BCUT2D eigenvalue weighted by Crippen LogP contribution is -2.55. The van der Waals surface area contributed by atoms with E-state index in [0.29, 0.717) is 76.3 Å². The molecular formula is C30H51N9O5. The lowest BCUT2D eigenvalue weighted by atomic mass is 10.0. The lowest BCUT2D eigenvalue weighted by Gasteiger charge is -2.24. The zero-order valence-corrected chi connectivity index (χ0v) is 25.7. The Morgan fingerprint density at radius 2 is 1.57 bits per heavy atom. The van der Waals surface area contributed by atoms with Gasteiger partial charge < -0.3 is 48.2 Å². The van der Waals surface area contributed by atoms with Crippen molar-refractivity contribution in [2.45, 2.75) is 108 Å². The number of H-pyrrole nitrogens is 1. The highest BCUT2D eigenvalue weighted by atomic mass is 16.2. The Bertz CT molecular complexity index is 1090. The van der Waals surface area contributed by atoms with Crippen molar-refractivity contribution in [1.82, 2.24) is 26.3 Å². The average molecular weight is 618 g/mol. The molecule has 2 heterocycles. The number of rotatable bonds is 9. The summed E-state index contributed by atoms with van der Waals surface area (Å²) in [5.41, 5.74) is 17.8. The van der Waals surface area contributed by atoms with Crippen molar-refractivity contribution < 1.29 is 24.0 Å². The Hall–Kier alpha value is -3.94. The number of amides is 4. The highest BCUT2D eigenvalue weighted by Crippen LogP contribution is 2.12. The molecule has 1 aromatic rings. The number of nitrogens with two attached hydrogens (primary N) is 3. The first-order valence-corrected chi connectivity index (χ1v) is 15.8. The van der Waals surface area contributed by atoms with Gasteiger partial charge in [0.05, 0.1) is 11.6 Å². The molecule has 0 saturated carbocycles. The molecule has 3 atom stereocenters. The zero-order chi connectivity index (χ0) is 32.2. The molecule has 14 heteroatoms. The molecule has 14 nitrogen and oxygen atoms in total. The summed E-state index contributed by atoms with van der Waals surface area (Å²) >= 11 is 0. The first-order valence-electron chi connectivity index (χ1n) is 15.8. The van der Waals surface area contributed by atoms with Crippen LogP contribution < -0.4 is 38.5 Å². The predicted molar refractivity (Wildman–Crippen MR) is 168 cm³/mol. The van der Waals surface area contributed by atoms with Crippen LogP contribution in [0.2, 0.25) is 0 Å². The summed E-state index contributed by atoms with van der Waals surface area (Å²) in [7, 11) is 0. The summed E-state index contributed by atoms with van der Waals surface area (Å²) < 4.78 is 0. The Morgan fingerprint density at radius 3 is 2.30 bits per heavy atom. The number of fused-ring (bicyclic) bond motifs is 2. The van der Waals surface area contributed by atoms with Gasteiger partial charge in [-0.2, -0.15) is 0 Å². The topological polar surface area (TPSA) is 240 Å². The van der Waals surface area contributed by atoms with Crippen LogP contribution in [0.4, 0.5) is 0 Å². The van der Waals surface area contributed by atoms with Gasteiger partial charge in [-0.25, -0.2) is 0 Å². The third kappa shape index (κ3) is 14.5. The van der Waals surface area contributed by atoms with E-state index in [4.69, 9.17) is 17.2 Å². The average Bonchev–Trinajstić information content (AvgIpc) is 3.47. The molecule has 0 fully saturated rings. The Kier molecular flexibility index (Phi) is 17.2. The Labute approximate surface area is 259 Å². The maximum atomic E-state index is 13.5. The third-order valence-electron chi connectivity index (χ3n) is 7.51. The second-order valence-corrected chi connectivity index (χ2v) is 11.2. The summed E-state index contributed by atoms with van der Waals surface area (Å²) in [6.45, 7) is 1.18. The molecule has 1 aliphatic rings. The normalized spacial score (nSPS) is 22.0. The Morgan fingerprint density at radius 1 is 0.864 bits per heavy atom. The molecule has 0 saturated heterocycles. The molecule has 0 unspecified atom stereocenters. The van der Waals surface area contributed by atoms with Gasteiger partial charge in [0.25, 0.3) is 5.91 Å². The van der Waals surface area contributed by atoms with Gasteiger partial charge in [0.2, 0.25) is 17.7 Å². The van der Waals surface area contributed by atoms with E-state index in [1.54, 1.807) is 12.3 Å². The number of nitrogens with zero attached hydrogens (tertiary/aromatic N) is 1. The number of aromatic nitrogens is 1. The van der Waals surface area contributed by atoms with Gasteiger partial charge in [-0.3, -0.25) is 24.2 Å². The van der Waals surface area contributed by atoms with Gasteiger partial charge in [-0.1, -0.05) is 12.8 Å². The summed E-state index contributed by atoms with van der Waals surface area (Å²) in [5.74, 6) is -1.53. The maximum absolute atomic E-state index is 13.5. The summed E-state index contributed by atoms with van der Waals surface area (Å²) in [5, 5.41) is 11.2. The number of aliphatic imine (C=N–C) groups is 1. The molecule has 0 spiro atoms. The first-order chi connectivity index (χ1) is 21.2. The minimum Gasteiger partial charge on any atom is -0.370 e. The molecule has 0 radical (unpaired) electrons. The number of aromatic amines is 1. The second-order valence-electron chi connectivity index (χ2n) is 11.2. The minimum atomic E-state index is -0.989. The summed E-state index contributed by atoms with van der Waals surface area (Å²) in [4.78, 5) is 70.9. The maximum Gasteiger partial charge on any atom is 0.253 e. The van der Waals surface area contributed by atoms with Crippen molar-refractivity contribution in [3.63, 3.8) is 0 Å². The largest absolute Gasteiger partial charge is 0.370 e. The fourth-order valence-electron chi connectivity index (χ4n) is 4.98. The highest BCUT2D eigenvalue weighted by Gasteiger charge is 2.28. The van der Waals surface area contributed by atoms with Crippen LogP contribution in [0.1, 0.15) is 99.5 Å². The molecule has 0 aromatic carbocycles. The number of unbranched alkanes of at least 4 members (excludes halogenated alkanes) is 1. The van der Waals surface area contributed by atoms with Gasteiger partial charge in [-0.15, -0.1) is 0 Å². The molecule has 2 rings (SSSR count). The molecule has 4 amide bonds. The number of hydrogen-bond donors (Lipinski definition) is 8. The fraction of sp³-hybridized carbons (Fsp3) is 0.667. The fourth-order valence-corrected chi connectivity index (χ4v) is 4.98. The second kappa shape index (κ2) is 20.9. The minimum absolute atomic E-state index is 0.000334. The SMILES string of the molecule is NCCCC[C@@H]1NC(=O)c2c[nH]c(c2)CCCCCCC(=O)NCCCC[C@@H](C=O)NC(=O)[C@H](CCCN=C(N)N)NC1=O. The molecule has 0 aliphatic carbocycles. The lowest BCUT2D eigenvalue weighted by molar-refractivity contribution is -0.131. The molecule has 1 aromatic heterocycles. The van der Waals surface area contributed by atoms with Crippen LogP contribution in [0, 0.1) is 0 Å². The summed E-state index contributed by atoms with van der Waals surface area (Å²) in [6, 6.07) is -0.876. The molecular weight excluding hydrogens is 566 g/mol. The van der Waals surface area contributed by atoms with E-state index in [2.05, 4.69) is 31.2 Å².